The molecule has 0 aliphatic heterocycles. The monoisotopic (exact) mass is 207 g/mol. The molecule has 14 heavy (non-hydrogen) atoms. The number of thioether (sulfide) groups is 1. The minimum atomic E-state index is 1.05. The maximum absolute atomic E-state index is 3.90. The van der Waals surface area contributed by atoms with Gasteiger partial charge in [0.2, 0.25) is 0 Å². The molecule has 0 unspecified atom stereocenters. The zero-order chi connectivity index (χ0) is 10.4. The molecular weight excluding hydrogens is 190 g/mol. The second kappa shape index (κ2) is 5.76. The lowest BCUT2D eigenvalue weighted by atomic mass is 10.4. The maximum atomic E-state index is 3.90. The Hall–Kier alpha value is -0.890. The lowest BCUT2D eigenvalue weighted by Gasteiger charge is -2.18. The van der Waals surface area contributed by atoms with E-state index in [0.29, 0.717) is 0 Å². The molecule has 2 heteroatoms. The van der Waals surface area contributed by atoms with Crippen LogP contribution in [0.3, 0.4) is 0 Å². The van der Waals surface area contributed by atoms with Crippen molar-refractivity contribution in [2.75, 3.05) is 19.3 Å². The Morgan fingerprint density at radius 1 is 1.36 bits per heavy atom. The summed E-state index contributed by atoms with van der Waals surface area (Å²) in [5, 5.41) is 0. The molecule has 0 amide bonds. The summed E-state index contributed by atoms with van der Waals surface area (Å²) in [6, 6.07) is 10.5. The van der Waals surface area contributed by atoms with Crippen LogP contribution in [0, 0.1) is 0 Å². The molecule has 0 bridgehead atoms. The fourth-order valence-corrected chi connectivity index (χ4v) is 1.96. The van der Waals surface area contributed by atoms with Gasteiger partial charge in [-0.1, -0.05) is 24.8 Å². The molecule has 1 aromatic carbocycles. The molecule has 0 saturated heterocycles. The third kappa shape index (κ3) is 3.88. The van der Waals surface area contributed by atoms with Crippen molar-refractivity contribution in [1.82, 2.24) is 4.90 Å². The van der Waals surface area contributed by atoms with Crippen molar-refractivity contribution in [3.63, 3.8) is 0 Å². The molecule has 1 aromatic rings. The standard InChI is InChI=1S/C12H17NS/c1-11(2)13(3)9-10-14-12-7-5-4-6-8-12/h4-8H,1,9-10H2,2-3H3. The van der Waals surface area contributed by atoms with Crippen molar-refractivity contribution in [3.05, 3.63) is 42.6 Å². The van der Waals surface area contributed by atoms with E-state index in [1.807, 2.05) is 24.8 Å². The molecule has 0 radical (unpaired) electrons. The predicted octanol–water partition coefficient (Wildman–Crippen LogP) is 3.24. The molecule has 0 spiro atoms. The van der Waals surface area contributed by atoms with Gasteiger partial charge < -0.3 is 4.90 Å². The highest BCUT2D eigenvalue weighted by Gasteiger charge is 1.97. The Morgan fingerprint density at radius 2 is 2.00 bits per heavy atom. The molecule has 0 aliphatic carbocycles. The SMILES string of the molecule is C=C(C)N(C)CCSc1ccccc1. The minimum absolute atomic E-state index is 1.05. The second-order valence-electron chi connectivity index (χ2n) is 3.32. The summed E-state index contributed by atoms with van der Waals surface area (Å²) in [5.41, 5.74) is 1.12. The second-order valence-corrected chi connectivity index (χ2v) is 4.49. The van der Waals surface area contributed by atoms with E-state index in [-0.39, 0.29) is 0 Å². The Balaban J connectivity index is 2.26. The normalized spacial score (nSPS) is 9.86. The van der Waals surface area contributed by atoms with Crippen LogP contribution in [0.25, 0.3) is 0 Å². The van der Waals surface area contributed by atoms with Crippen LogP contribution in [0.15, 0.2) is 47.5 Å². The van der Waals surface area contributed by atoms with Gasteiger partial charge in [-0.05, 0) is 19.1 Å². The summed E-state index contributed by atoms with van der Waals surface area (Å²) in [5.74, 6) is 1.10. The first-order valence-corrected chi connectivity index (χ1v) is 5.73. The third-order valence-corrected chi connectivity index (χ3v) is 3.08. The predicted molar refractivity (Wildman–Crippen MR) is 64.6 cm³/mol. The van der Waals surface area contributed by atoms with Crippen LogP contribution < -0.4 is 0 Å². The van der Waals surface area contributed by atoms with Gasteiger partial charge >= 0.3 is 0 Å². The van der Waals surface area contributed by atoms with E-state index < -0.39 is 0 Å². The molecule has 0 heterocycles. The molecule has 0 aliphatic rings. The number of benzene rings is 1. The van der Waals surface area contributed by atoms with Crippen molar-refractivity contribution in [2.45, 2.75) is 11.8 Å². The highest BCUT2D eigenvalue weighted by Crippen LogP contribution is 2.16. The molecular formula is C12H17NS. The Morgan fingerprint density at radius 3 is 2.57 bits per heavy atom. The van der Waals surface area contributed by atoms with Gasteiger partial charge in [0.1, 0.15) is 0 Å². The molecule has 76 valence electrons. The first-order valence-electron chi connectivity index (χ1n) is 4.74. The fraction of sp³-hybridized carbons (Fsp3) is 0.333. The molecule has 1 nitrogen and oxygen atoms in total. The van der Waals surface area contributed by atoms with Gasteiger partial charge in [0, 0.05) is 29.9 Å². The number of hydrogen-bond donors (Lipinski definition) is 0. The van der Waals surface area contributed by atoms with Gasteiger partial charge in [-0.3, -0.25) is 0 Å². The summed E-state index contributed by atoms with van der Waals surface area (Å²) in [6.45, 7) is 6.98. The van der Waals surface area contributed by atoms with Gasteiger partial charge in [0.15, 0.2) is 0 Å². The van der Waals surface area contributed by atoms with Crippen molar-refractivity contribution in [3.8, 4) is 0 Å². The largest absolute Gasteiger partial charge is 0.378 e. The first kappa shape index (κ1) is 11.2. The van der Waals surface area contributed by atoms with Crippen molar-refractivity contribution < 1.29 is 0 Å². The first-order chi connectivity index (χ1) is 6.70. The summed E-state index contributed by atoms with van der Waals surface area (Å²) < 4.78 is 0. The Labute approximate surface area is 90.8 Å². The lowest BCUT2D eigenvalue weighted by Crippen LogP contribution is -2.18. The smallest absolute Gasteiger partial charge is 0.0265 e. The average molecular weight is 207 g/mol. The van der Waals surface area contributed by atoms with E-state index in [1.54, 1.807) is 0 Å². The summed E-state index contributed by atoms with van der Waals surface area (Å²) in [7, 11) is 2.08. The van der Waals surface area contributed by atoms with E-state index in [9.17, 15) is 0 Å². The molecule has 0 atom stereocenters. The van der Waals surface area contributed by atoms with Gasteiger partial charge in [0.25, 0.3) is 0 Å². The van der Waals surface area contributed by atoms with Crippen LogP contribution in [0.2, 0.25) is 0 Å². The zero-order valence-electron chi connectivity index (χ0n) is 8.86. The quantitative estimate of drug-likeness (QED) is 0.682. The summed E-state index contributed by atoms with van der Waals surface area (Å²) in [4.78, 5) is 3.51. The molecule has 0 fully saturated rings. The van der Waals surface area contributed by atoms with Crippen LogP contribution in [-0.4, -0.2) is 24.2 Å². The third-order valence-electron chi connectivity index (χ3n) is 2.09. The van der Waals surface area contributed by atoms with Crippen molar-refractivity contribution >= 4 is 11.8 Å². The van der Waals surface area contributed by atoms with Gasteiger partial charge in [-0.15, -0.1) is 11.8 Å². The fourth-order valence-electron chi connectivity index (χ4n) is 1.01. The highest BCUT2D eigenvalue weighted by atomic mass is 32.2. The van der Waals surface area contributed by atoms with E-state index in [0.717, 1.165) is 18.0 Å². The van der Waals surface area contributed by atoms with Crippen LogP contribution >= 0.6 is 11.8 Å². The lowest BCUT2D eigenvalue weighted by molar-refractivity contribution is 0.449. The number of allylic oxidation sites excluding steroid dienone is 1. The average Bonchev–Trinajstić information content (AvgIpc) is 2.19. The van der Waals surface area contributed by atoms with Crippen molar-refractivity contribution in [2.24, 2.45) is 0 Å². The van der Waals surface area contributed by atoms with Gasteiger partial charge in [0.05, 0.1) is 0 Å². The van der Waals surface area contributed by atoms with Crippen LogP contribution in [0.4, 0.5) is 0 Å². The minimum Gasteiger partial charge on any atom is -0.378 e. The number of rotatable bonds is 5. The maximum Gasteiger partial charge on any atom is 0.0265 e. The van der Waals surface area contributed by atoms with E-state index in [2.05, 4.69) is 42.8 Å². The van der Waals surface area contributed by atoms with Crippen LogP contribution in [-0.2, 0) is 0 Å². The summed E-state index contributed by atoms with van der Waals surface area (Å²) in [6.07, 6.45) is 0. The van der Waals surface area contributed by atoms with E-state index in [1.165, 1.54) is 4.90 Å². The number of hydrogen-bond acceptors (Lipinski definition) is 2. The highest BCUT2D eigenvalue weighted by molar-refractivity contribution is 7.99. The number of nitrogens with zero attached hydrogens (tertiary/aromatic N) is 1. The van der Waals surface area contributed by atoms with Crippen molar-refractivity contribution in [1.29, 1.82) is 0 Å². The van der Waals surface area contributed by atoms with Gasteiger partial charge in [-0.2, -0.15) is 0 Å². The molecule has 0 N–H and O–H groups in total. The summed E-state index contributed by atoms with van der Waals surface area (Å²) >= 11 is 1.88. The van der Waals surface area contributed by atoms with E-state index >= 15 is 0 Å². The molecule has 0 aromatic heterocycles. The zero-order valence-corrected chi connectivity index (χ0v) is 9.68. The van der Waals surface area contributed by atoms with Gasteiger partial charge in [-0.25, -0.2) is 0 Å². The Bertz CT molecular complexity index is 282. The molecule has 1 rings (SSSR count). The van der Waals surface area contributed by atoms with Crippen LogP contribution in [0.1, 0.15) is 6.92 Å². The van der Waals surface area contributed by atoms with E-state index in [4.69, 9.17) is 0 Å². The Kier molecular flexibility index (Phi) is 4.60. The topological polar surface area (TPSA) is 3.24 Å². The molecule has 0 saturated carbocycles. The van der Waals surface area contributed by atoms with Crippen LogP contribution in [0.5, 0.6) is 0 Å².